The Hall–Kier alpha value is -2.95. The number of Topliss-reactive ketones (excluding diaryl/α,β-unsaturated/α-hetero) is 1. The molecule has 0 amide bonds. The highest BCUT2D eigenvalue weighted by atomic mass is 19.2. The molecule has 0 spiro atoms. The number of hydrogen-bond acceptors (Lipinski definition) is 3. The third-order valence-electron chi connectivity index (χ3n) is 4.30. The summed E-state index contributed by atoms with van der Waals surface area (Å²) in [4.78, 5) is 12.7. The van der Waals surface area contributed by atoms with E-state index in [2.05, 4.69) is 0 Å². The molecule has 1 fully saturated rings. The lowest BCUT2D eigenvalue weighted by atomic mass is 9.87. The number of carbonyl (C=O) groups is 1. The molecule has 5 heteroatoms. The molecular weight excluding hydrogens is 338 g/mol. The number of methoxy groups -OCH3 is 1. The highest BCUT2D eigenvalue weighted by molar-refractivity contribution is 6.14. The van der Waals surface area contributed by atoms with Gasteiger partial charge in [0.1, 0.15) is 0 Å². The monoisotopic (exact) mass is 356 g/mol. The number of ether oxygens (including phenoxy) is 1. The van der Waals surface area contributed by atoms with Crippen LogP contribution in [0.2, 0.25) is 0 Å². The molecule has 2 aromatic rings. The van der Waals surface area contributed by atoms with Gasteiger partial charge in [0.2, 0.25) is 0 Å². The summed E-state index contributed by atoms with van der Waals surface area (Å²) in [5.41, 5.74) is 2.41. The molecule has 1 aliphatic carbocycles. The quantitative estimate of drug-likeness (QED) is 0.796. The van der Waals surface area contributed by atoms with Crippen molar-refractivity contribution in [1.82, 2.24) is 0 Å². The zero-order chi connectivity index (χ0) is 18.7. The van der Waals surface area contributed by atoms with Crippen LogP contribution in [-0.4, -0.2) is 18.0 Å². The lowest BCUT2D eigenvalue weighted by Crippen LogP contribution is -2.12. The van der Waals surface area contributed by atoms with Crippen molar-refractivity contribution >= 4 is 17.9 Å². The third-order valence-corrected chi connectivity index (χ3v) is 4.30. The smallest absolute Gasteiger partial charge is 0.185 e. The van der Waals surface area contributed by atoms with Crippen molar-refractivity contribution in [3.63, 3.8) is 0 Å². The van der Waals surface area contributed by atoms with Gasteiger partial charge >= 0.3 is 0 Å². The molecule has 3 rings (SSSR count). The molecule has 0 unspecified atom stereocenters. The van der Waals surface area contributed by atoms with Crippen LogP contribution in [0.15, 0.2) is 47.5 Å². The van der Waals surface area contributed by atoms with Gasteiger partial charge < -0.3 is 9.84 Å². The average Bonchev–Trinajstić information content (AvgIpc) is 2.63. The number of hydrogen-bond donors (Lipinski definition) is 1. The molecule has 1 aliphatic rings. The van der Waals surface area contributed by atoms with Crippen LogP contribution in [-0.2, 0) is 4.79 Å². The van der Waals surface area contributed by atoms with Crippen molar-refractivity contribution in [3.8, 4) is 11.5 Å². The summed E-state index contributed by atoms with van der Waals surface area (Å²) in [5, 5.41) is 9.66. The second kappa shape index (κ2) is 7.52. The molecule has 1 N–H and O–H groups in total. The van der Waals surface area contributed by atoms with Crippen LogP contribution in [0.1, 0.15) is 30.4 Å². The first-order chi connectivity index (χ1) is 12.5. The zero-order valence-corrected chi connectivity index (χ0v) is 14.3. The van der Waals surface area contributed by atoms with E-state index in [0.29, 0.717) is 35.3 Å². The second-order valence-electron chi connectivity index (χ2n) is 6.13. The van der Waals surface area contributed by atoms with E-state index in [9.17, 15) is 18.7 Å². The summed E-state index contributed by atoms with van der Waals surface area (Å²) in [7, 11) is 1.46. The first-order valence-corrected chi connectivity index (χ1v) is 8.26. The Labute approximate surface area is 150 Å². The van der Waals surface area contributed by atoms with E-state index < -0.39 is 11.6 Å². The van der Waals surface area contributed by atoms with E-state index in [0.717, 1.165) is 24.1 Å². The molecule has 0 saturated heterocycles. The van der Waals surface area contributed by atoms with Crippen molar-refractivity contribution < 1.29 is 23.4 Å². The number of phenols is 1. The standard InChI is InChI=1S/C21H18F2O3/c1-26-20-12-14(6-8-19(20)24)10-16-4-2-3-15(21(16)25)9-13-5-7-17(22)18(23)11-13/h5-12,24H,2-4H2,1H3/b15-9+,16-10+. The fraction of sp³-hybridized carbons (Fsp3) is 0.190. The molecule has 134 valence electrons. The van der Waals surface area contributed by atoms with Gasteiger partial charge in [-0.25, -0.2) is 8.78 Å². The number of halogens is 2. The Kier molecular flexibility index (Phi) is 5.16. The van der Waals surface area contributed by atoms with E-state index in [1.54, 1.807) is 24.3 Å². The Morgan fingerprint density at radius 2 is 1.58 bits per heavy atom. The molecule has 0 radical (unpaired) electrons. The number of allylic oxidation sites excluding steroid dienone is 2. The molecule has 0 atom stereocenters. The maximum atomic E-state index is 13.4. The van der Waals surface area contributed by atoms with E-state index in [1.807, 2.05) is 0 Å². The van der Waals surface area contributed by atoms with Crippen LogP contribution < -0.4 is 4.74 Å². The normalized spacial score (nSPS) is 17.7. The van der Waals surface area contributed by atoms with Crippen molar-refractivity contribution in [2.24, 2.45) is 0 Å². The molecule has 3 nitrogen and oxygen atoms in total. The minimum atomic E-state index is -0.936. The third kappa shape index (κ3) is 3.82. The molecular formula is C21H18F2O3. The van der Waals surface area contributed by atoms with Crippen LogP contribution in [0, 0.1) is 11.6 Å². The predicted molar refractivity (Wildman–Crippen MR) is 95.8 cm³/mol. The number of ketones is 1. The van der Waals surface area contributed by atoms with Crippen LogP contribution in [0.3, 0.4) is 0 Å². The predicted octanol–water partition coefficient (Wildman–Crippen LogP) is 4.90. The number of aromatic hydroxyl groups is 1. The second-order valence-corrected chi connectivity index (χ2v) is 6.13. The number of benzene rings is 2. The minimum Gasteiger partial charge on any atom is -0.504 e. The fourth-order valence-corrected chi connectivity index (χ4v) is 2.97. The molecule has 0 aliphatic heterocycles. The lowest BCUT2D eigenvalue weighted by molar-refractivity contribution is -0.112. The van der Waals surface area contributed by atoms with E-state index in [4.69, 9.17) is 4.74 Å². The van der Waals surface area contributed by atoms with Gasteiger partial charge in [0.15, 0.2) is 28.9 Å². The van der Waals surface area contributed by atoms with Gasteiger partial charge in [-0.15, -0.1) is 0 Å². The minimum absolute atomic E-state index is 0.0311. The van der Waals surface area contributed by atoms with Crippen molar-refractivity contribution in [3.05, 3.63) is 70.3 Å². The Bertz CT molecular complexity index is 913. The van der Waals surface area contributed by atoms with Crippen LogP contribution in [0.4, 0.5) is 8.78 Å². The maximum absolute atomic E-state index is 13.4. The van der Waals surface area contributed by atoms with E-state index in [1.165, 1.54) is 19.2 Å². The van der Waals surface area contributed by atoms with Gasteiger partial charge in [-0.1, -0.05) is 12.1 Å². The van der Waals surface area contributed by atoms with Gasteiger partial charge in [0.05, 0.1) is 7.11 Å². The average molecular weight is 356 g/mol. The molecule has 0 heterocycles. The molecule has 2 aromatic carbocycles. The highest BCUT2D eigenvalue weighted by Gasteiger charge is 2.20. The fourth-order valence-electron chi connectivity index (χ4n) is 2.97. The Balaban J connectivity index is 1.89. The SMILES string of the molecule is COc1cc(/C=C2\CCC/C(=C\c3ccc(F)c(F)c3)C2=O)ccc1O. The summed E-state index contributed by atoms with van der Waals surface area (Å²) in [5.74, 6) is -1.59. The van der Waals surface area contributed by atoms with Crippen LogP contribution in [0.25, 0.3) is 12.2 Å². The van der Waals surface area contributed by atoms with Gasteiger partial charge in [0, 0.05) is 11.1 Å². The zero-order valence-electron chi connectivity index (χ0n) is 14.3. The molecule has 0 bridgehead atoms. The molecule has 26 heavy (non-hydrogen) atoms. The Morgan fingerprint density at radius 1 is 0.962 bits per heavy atom. The van der Waals surface area contributed by atoms with E-state index in [-0.39, 0.29) is 11.5 Å². The van der Waals surface area contributed by atoms with Gasteiger partial charge in [-0.05, 0) is 66.8 Å². The summed E-state index contributed by atoms with van der Waals surface area (Å²) >= 11 is 0. The van der Waals surface area contributed by atoms with Crippen molar-refractivity contribution in [2.45, 2.75) is 19.3 Å². The largest absolute Gasteiger partial charge is 0.504 e. The first kappa shape index (κ1) is 17.9. The Morgan fingerprint density at radius 3 is 2.19 bits per heavy atom. The topological polar surface area (TPSA) is 46.5 Å². The lowest BCUT2D eigenvalue weighted by Gasteiger charge is -2.17. The van der Waals surface area contributed by atoms with Crippen molar-refractivity contribution in [2.75, 3.05) is 7.11 Å². The highest BCUT2D eigenvalue weighted by Crippen LogP contribution is 2.31. The van der Waals surface area contributed by atoms with Crippen LogP contribution in [0.5, 0.6) is 11.5 Å². The summed E-state index contributed by atoms with van der Waals surface area (Å²) in [6, 6.07) is 8.44. The molecule has 1 saturated carbocycles. The first-order valence-electron chi connectivity index (χ1n) is 8.26. The van der Waals surface area contributed by atoms with Gasteiger partial charge in [-0.2, -0.15) is 0 Å². The number of carbonyl (C=O) groups excluding carboxylic acids is 1. The number of phenolic OH excluding ortho intramolecular Hbond substituents is 1. The number of rotatable bonds is 3. The van der Waals surface area contributed by atoms with Gasteiger partial charge in [-0.3, -0.25) is 4.79 Å². The summed E-state index contributed by atoms with van der Waals surface area (Å²) in [6.45, 7) is 0. The van der Waals surface area contributed by atoms with E-state index >= 15 is 0 Å². The van der Waals surface area contributed by atoms with Crippen molar-refractivity contribution in [1.29, 1.82) is 0 Å². The molecule has 0 aromatic heterocycles. The summed E-state index contributed by atoms with van der Waals surface area (Å²) < 4.78 is 31.5. The maximum Gasteiger partial charge on any atom is 0.185 e. The van der Waals surface area contributed by atoms with Crippen LogP contribution >= 0.6 is 0 Å². The van der Waals surface area contributed by atoms with Gasteiger partial charge in [0.25, 0.3) is 0 Å². The summed E-state index contributed by atoms with van der Waals surface area (Å²) in [6.07, 6.45) is 5.39.